The molecule has 114 valence electrons. The Balaban J connectivity index is 2.46. The summed E-state index contributed by atoms with van der Waals surface area (Å²) in [6.07, 6.45) is -0.336. The van der Waals surface area contributed by atoms with Gasteiger partial charge in [0.2, 0.25) is 5.91 Å². The zero-order chi connectivity index (χ0) is 15.8. The van der Waals surface area contributed by atoms with E-state index in [-0.39, 0.29) is 30.0 Å². The van der Waals surface area contributed by atoms with Crippen LogP contribution in [-0.4, -0.2) is 29.6 Å². The van der Waals surface area contributed by atoms with E-state index in [9.17, 15) is 19.7 Å². The summed E-state index contributed by atoms with van der Waals surface area (Å²) in [5.74, 6) is -0.0765. The van der Waals surface area contributed by atoms with Crippen molar-refractivity contribution in [3.8, 4) is 5.75 Å². The summed E-state index contributed by atoms with van der Waals surface area (Å²) in [4.78, 5) is 32.3. The van der Waals surface area contributed by atoms with Crippen molar-refractivity contribution in [1.82, 2.24) is 5.32 Å². The number of nitro groups is 1. The number of amides is 1. The molecule has 8 nitrogen and oxygen atoms in total. The van der Waals surface area contributed by atoms with Crippen LogP contribution in [0.15, 0.2) is 24.3 Å². The number of hydrogen-bond donors (Lipinski definition) is 1. The summed E-state index contributed by atoms with van der Waals surface area (Å²) in [7, 11) is 0. The van der Waals surface area contributed by atoms with Gasteiger partial charge in [0.15, 0.2) is 0 Å². The molecule has 0 aliphatic carbocycles. The highest BCUT2D eigenvalue weighted by Crippen LogP contribution is 2.17. The molecule has 0 aliphatic rings. The average molecular weight is 296 g/mol. The first-order chi connectivity index (χ1) is 9.92. The number of benzene rings is 1. The first kappa shape index (κ1) is 16.4. The fourth-order valence-electron chi connectivity index (χ4n) is 1.48. The molecule has 1 amide bonds. The normalized spacial score (nSPS) is 11.3. The maximum atomic E-state index is 11.4. The van der Waals surface area contributed by atoms with Gasteiger partial charge in [0.05, 0.1) is 11.0 Å². The van der Waals surface area contributed by atoms with Crippen LogP contribution in [-0.2, 0) is 9.53 Å². The fraction of sp³-hybridized carbons (Fsp3) is 0.385. The summed E-state index contributed by atoms with van der Waals surface area (Å²) in [6, 6.07) is 4.74. The van der Waals surface area contributed by atoms with E-state index in [1.54, 1.807) is 0 Å². The number of carbonyl (C=O) groups is 2. The van der Waals surface area contributed by atoms with Crippen LogP contribution in [0.5, 0.6) is 5.75 Å². The number of nitro benzene ring substituents is 1. The van der Waals surface area contributed by atoms with Crippen molar-refractivity contribution >= 4 is 17.7 Å². The van der Waals surface area contributed by atoms with Crippen molar-refractivity contribution in [2.75, 3.05) is 6.61 Å². The molecule has 0 fully saturated rings. The summed E-state index contributed by atoms with van der Waals surface area (Å²) in [5, 5.41) is 13.1. The number of hydrogen-bond acceptors (Lipinski definition) is 6. The van der Waals surface area contributed by atoms with Crippen molar-refractivity contribution in [3.63, 3.8) is 0 Å². The predicted octanol–water partition coefficient (Wildman–Crippen LogP) is 2.02. The first-order valence-corrected chi connectivity index (χ1v) is 6.28. The van der Waals surface area contributed by atoms with Crippen LogP contribution in [0.25, 0.3) is 0 Å². The molecule has 0 radical (unpaired) electrons. The number of carbonyl (C=O) groups excluding carboxylic acids is 2. The Bertz CT molecular complexity index is 514. The lowest BCUT2D eigenvalue weighted by atomic mass is 10.2. The van der Waals surface area contributed by atoms with Crippen LogP contribution in [0.1, 0.15) is 20.3 Å². The summed E-state index contributed by atoms with van der Waals surface area (Å²) in [6.45, 7) is 3.20. The van der Waals surface area contributed by atoms with Gasteiger partial charge in [0, 0.05) is 19.1 Å². The van der Waals surface area contributed by atoms with Gasteiger partial charge in [-0.3, -0.25) is 14.9 Å². The SMILES string of the molecule is CC[C@@H](COC(=O)Oc1ccc([N+](=O)[O-])cc1)NC(C)=O. The molecule has 0 spiro atoms. The number of rotatable bonds is 6. The van der Waals surface area contributed by atoms with Crippen molar-refractivity contribution < 1.29 is 24.0 Å². The smallest absolute Gasteiger partial charge is 0.432 e. The van der Waals surface area contributed by atoms with Crippen LogP contribution in [0.4, 0.5) is 10.5 Å². The third-order valence-electron chi connectivity index (χ3n) is 2.55. The molecule has 1 aromatic rings. The molecule has 0 aromatic heterocycles. The lowest BCUT2D eigenvalue weighted by molar-refractivity contribution is -0.384. The van der Waals surface area contributed by atoms with Gasteiger partial charge >= 0.3 is 6.16 Å². The summed E-state index contributed by atoms with van der Waals surface area (Å²) < 4.78 is 9.72. The monoisotopic (exact) mass is 296 g/mol. The van der Waals surface area contributed by atoms with Crippen LogP contribution in [0, 0.1) is 10.1 Å². The van der Waals surface area contributed by atoms with E-state index < -0.39 is 11.1 Å². The topological polar surface area (TPSA) is 108 Å². The van der Waals surface area contributed by atoms with Gasteiger partial charge in [-0.05, 0) is 18.6 Å². The summed E-state index contributed by atoms with van der Waals surface area (Å²) >= 11 is 0. The second kappa shape index (κ2) is 7.83. The molecule has 1 aromatic carbocycles. The molecule has 0 heterocycles. The molecule has 0 saturated heterocycles. The van der Waals surface area contributed by atoms with Crippen LogP contribution < -0.4 is 10.1 Å². The summed E-state index contributed by atoms with van der Waals surface area (Å²) in [5.41, 5.74) is -0.104. The number of ether oxygens (including phenoxy) is 2. The van der Waals surface area contributed by atoms with Crippen molar-refractivity contribution in [2.24, 2.45) is 0 Å². The zero-order valence-corrected chi connectivity index (χ0v) is 11.7. The number of non-ortho nitro benzene ring substituents is 1. The van der Waals surface area contributed by atoms with E-state index in [2.05, 4.69) is 5.32 Å². The third-order valence-corrected chi connectivity index (χ3v) is 2.55. The molecular formula is C13H16N2O6. The highest BCUT2D eigenvalue weighted by molar-refractivity contribution is 5.73. The Kier molecular flexibility index (Phi) is 6.12. The highest BCUT2D eigenvalue weighted by atomic mass is 16.7. The van der Waals surface area contributed by atoms with E-state index in [4.69, 9.17) is 9.47 Å². The van der Waals surface area contributed by atoms with E-state index in [0.717, 1.165) is 0 Å². The van der Waals surface area contributed by atoms with Crippen LogP contribution in [0.2, 0.25) is 0 Å². The molecular weight excluding hydrogens is 280 g/mol. The molecule has 8 heteroatoms. The molecule has 0 unspecified atom stereocenters. The molecule has 0 saturated carbocycles. The van der Waals surface area contributed by atoms with Gasteiger partial charge in [0.1, 0.15) is 12.4 Å². The average Bonchev–Trinajstić information content (AvgIpc) is 2.43. The minimum Gasteiger partial charge on any atom is -0.432 e. The van der Waals surface area contributed by atoms with E-state index >= 15 is 0 Å². The molecule has 1 N–H and O–H groups in total. The Hall–Kier alpha value is -2.64. The maximum absolute atomic E-state index is 11.4. The Labute approximate surface area is 121 Å². The van der Waals surface area contributed by atoms with Gasteiger partial charge in [0.25, 0.3) is 5.69 Å². The lowest BCUT2D eigenvalue weighted by Crippen LogP contribution is -2.37. The Morgan fingerprint density at radius 3 is 2.43 bits per heavy atom. The van der Waals surface area contributed by atoms with E-state index in [1.807, 2.05) is 6.92 Å². The van der Waals surface area contributed by atoms with Crippen LogP contribution >= 0.6 is 0 Å². The number of nitrogens with one attached hydrogen (secondary N) is 1. The Morgan fingerprint density at radius 2 is 1.95 bits per heavy atom. The zero-order valence-electron chi connectivity index (χ0n) is 11.7. The predicted molar refractivity (Wildman–Crippen MR) is 73.0 cm³/mol. The van der Waals surface area contributed by atoms with Gasteiger partial charge in [-0.2, -0.15) is 0 Å². The van der Waals surface area contributed by atoms with Crippen molar-refractivity contribution in [1.29, 1.82) is 0 Å². The van der Waals surface area contributed by atoms with E-state index in [0.29, 0.717) is 6.42 Å². The fourth-order valence-corrected chi connectivity index (χ4v) is 1.48. The van der Waals surface area contributed by atoms with Gasteiger partial charge < -0.3 is 14.8 Å². The molecule has 21 heavy (non-hydrogen) atoms. The highest BCUT2D eigenvalue weighted by Gasteiger charge is 2.13. The second-order valence-electron chi connectivity index (χ2n) is 4.22. The first-order valence-electron chi connectivity index (χ1n) is 6.28. The van der Waals surface area contributed by atoms with Gasteiger partial charge in [-0.25, -0.2) is 4.79 Å². The molecule has 1 rings (SSSR count). The maximum Gasteiger partial charge on any atom is 0.513 e. The minimum atomic E-state index is -0.937. The third kappa shape index (κ3) is 5.89. The van der Waals surface area contributed by atoms with Crippen LogP contribution in [0.3, 0.4) is 0 Å². The van der Waals surface area contributed by atoms with Crippen molar-refractivity contribution in [2.45, 2.75) is 26.3 Å². The van der Waals surface area contributed by atoms with E-state index in [1.165, 1.54) is 31.2 Å². The number of nitrogens with zero attached hydrogens (tertiary/aromatic N) is 1. The Morgan fingerprint density at radius 1 is 1.33 bits per heavy atom. The molecule has 0 aliphatic heterocycles. The molecule has 1 atom stereocenters. The van der Waals surface area contributed by atoms with Gasteiger partial charge in [-0.1, -0.05) is 6.92 Å². The standard InChI is InChI=1S/C13H16N2O6/c1-3-10(14-9(2)16)8-20-13(17)21-12-6-4-11(5-7-12)15(18)19/h4-7,10H,3,8H2,1-2H3,(H,14,16)/t10-/m0/s1. The minimum absolute atomic E-state index is 0.0120. The van der Waals surface area contributed by atoms with Crippen molar-refractivity contribution in [3.05, 3.63) is 34.4 Å². The lowest BCUT2D eigenvalue weighted by Gasteiger charge is -2.15. The molecule has 0 bridgehead atoms. The second-order valence-corrected chi connectivity index (χ2v) is 4.22. The van der Waals surface area contributed by atoms with Gasteiger partial charge in [-0.15, -0.1) is 0 Å². The quantitative estimate of drug-likeness (QED) is 0.372. The largest absolute Gasteiger partial charge is 0.513 e.